The maximum atomic E-state index is 12.1. The van der Waals surface area contributed by atoms with E-state index in [1.807, 2.05) is 29.6 Å². The molecule has 2 aromatic heterocycles. The van der Waals surface area contributed by atoms with Gasteiger partial charge >= 0.3 is 0 Å². The maximum Gasteiger partial charge on any atom is 0.258 e. The molecule has 1 amide bonds. The molecule has 130 valence electrons. The number of rotatable bonds is 6. The first kappa shape index (κ1) is 17.2. The SMILES string of the molecule is COc1cccc(CC(=O)NCCc2csc3nc(C)cc(=O)n23)c1. The van der Waals surface area contributed by atoms with E-state index in [4.69, 9.17) is 4.74 Å². The van der Waals surface area contributed by atoms with E-state index in [-0.39, 0.29) is 11.5 Å². The average molecular weight is 357 g/mol. The molecule has 0 aliphatic heterocycles. The third-order valence-corrected chi connectivity index (χ3v) is 4.68. The van der Waals surface area contributed by atoms with Gasteiger partial charge in [-0.1, -0.05) is 12.1 Å². The molecule has 2 heterocycles. The predicted molar refractivity (Wildman–Crippen MR) is 97.5 cm³/mol. The third kappa shape index (κ3) is 4.06. The van der Waals surface area contributed by atoms with Crippen molar-refractivity contribution in [2.24, 2.45) is 0 Å². The summed E-state index contributed by atoms with van der Waals surface area (Å²) in [6, 6.07) is 8.96. The molecule has 7 heteroatoms. The molecule has 0 fully saturated rings. The summed E-state index contributed by atoms with van der Waals surface area (Å²) < 4.78 is 6.76. The zero-order chi connectivity index (χ0) is 17.8. The Morgan fingerprint density at radius 2 is 2.20 bits per heavy atom. The Morgan fingerprint density at radius 3 is 3.00 bits per heavy atom. The second kappa shape index (κ2) is 7.48. The largest absolute Gasteiger partial charge is 0.497 e. The van der Waals surface area contributed by atoms with Crippen molar-refractivity contribution in [3.05, 3.63) is 63.0 Å². The van der Waals surface area contributed by atoms with Crippen molar-refractivity contribution < 1.29 is 9.53 Å². The van der Waals surface area contributed by atoms with Gasteiger partial charge in [-0.3, -0.25) is 14.0 Å². The van der Waals surface area contributed by atoms with Crippen LogP contribution in [0.4, 0.5) is 0 Å². The van der Waals surface area contributed by atoms with Gasteiger partial charge in [-0.15, -0.1) is 11.3 Å². The molecule has 1 N–H and O–H groups in total. The van der Waals surface area contributed by atoms with Crippen molar-refractivity contribution in [2.45, 2.75) is 19.8 Å². The van der Waals surface area contributed by atoms with Crippen LogP contribution in [0.3, 0.4) is 0 Å². The third-order valence-electron chi connectivity index (χ3n) is 3.81. The zero-order valence-electron chi connectivity index (χ0n) is 14.1. The standard InChI is InChI=1S/C18H19N3O3S/c1-12-8-17(23)21-14(11-25-18(21)20-12)6-7-19-16(22)10-13-4-3-5-15(9-13)24-2/h3-5,8-9,11H,6-7,10H2,1-2H3,(H,19,22). The van der Waals surface area contributed by atoms with Gasteiger partial charge in [0.05, 0.1) is 13.5 Å². The highest BCUT2D eigenvalue weighted by Gasteiger charge is 2.09. The van der Waals surface area contributed by atoms with Gasteiger partial charge < -0.3 is 10.1 Å². The lowest BCUT2D eigenvalue weighted by atomic mass is 10.1. The Labute approximate surface area is 149 Å². The molecule has 0 saturated carbocycles. The molecule has 0 radical (unpaired) electrons. The van der Waals surface area contributed by atoms with Gasteiger partial charge in [0.1, 0.15) is 5.75 Å². The maximum absolute atomic E-state index is 12.1. The molecule has 1 aromatic carbocycles. The lowest BCUT2D eigenvalue weighted by molar-refractivity contribution is -0.120. The van der Waals surface area contributed by atoms with E-state index in [0.717, 1.165) is 17.0 Å². The highest BCUT2D eigenvalue weighted by atomic mass is 32.1. The van der Waals surface area contributed by atoms with Crippen LogP contribution in [0.2, 0.25) is 0 Å². The van der Waals surface area contributed by atoms with E-state index in [0.29, 0.717) is 30.0 Å². The Bertz CT molecular complexity index is 962. The van der Waals surface area contributed by atoms with Crippen LogP contribution in [0.1, 0.15) is 17.0 Å². The van der Waals surface area contributed by atoms with Gasteiger partial charge in [-0.25, -0.2) is 4.98 Å². The number of hydrogen-bond acceptors (Lipinski definition) is 5. The summed E-state index contributed by atoms with van der Waals surface area (Å²) in [4.78, 5) is 29.2. The van der Waals surface area contributed by atoms with Crippen molar-refractivity contribution in [2.75, 3.05) is 13.7 Å². The van der Waals surface area contributed by atoms with Crippen LogP contribution in [0, 0.1) is 6.92 Å². The first-order valence-electron chi connectivity index (χ1n) is 7.93. The van der Waals surface area contributed by atoms with Crippen molar-refractivity contribution in [1.82, 2.24) is 14.7 Å². The van der Waals surface area contributed by atoms with Crippen LogP contribution in [0.5, 0.6) is 5.75 Å². The Hall–Kier alpha value is -2.67. The number of carbonyl (C=O) groups excluding carboxylic acids is 1. The highest BCUT2D eigenvalue weighted by Crippen LogP contribution is 2.14. The van der Waals surface area contributed by atoms with E-state index in [1.165, 1.54) is 17.4 Å². The highest BCUT2D eigenvalue weighted by molar-refractivity contribution is 7.15. The normalized spacial score (nSPS) is 10.8. The van der Waals surface area contributed by atoms with Gasteiger partial charge in [-0.05, 0) is 24.6 Å². The number of amides is 1. The monoisotopic (exact) mass is 357 g/mol. The summed E-state index contributed by atoms with van der Waals surface area (Å²) >= 11 is 1.43. The minimum atomic E-state index is -0.0820. The first-order chi connectivity index (χ1) is 12.1. The van der Waals surface area contributed by atoms with E-state index in [1.54, 1.807) is 18.4 Å². The van der Waals surface area contributed by atoms with Crippen molar-refractivity contribution in [3.8, 4) is 5.75 Å². The summed E-state index contributed by atoms with van der Waals surface area (Å²) in [6.45, 7) is 2.27. The number of hydrogen-bond donors (Lipinski definition) is 1. The average Bonchev–Trinajstić information content (AvgIpc) is 2.98. The molecule has 0 spiro atoms. The van der Waals surface area contributed by atoms with Gasteiger partial charge in [0.15, 0.2) is 4.96 Å². The van der Waals surface area contributed by atoms with E-state index < -0.39 is 0 Å². The predicted octanol–water partition coefficient (Wildman–Crippen LogP) is 1.97. The van der Waals surface area contributed by atoms with E-state index in [9.17, 15) is 9.59 Å². The smallest absolute Gasteiger partial charge is 0.258 e. The number of benzene rings is 1. The number of ether oxygens (including phenoxy) is 1. The summed E-state index contributed by atoms with van der Waals surface area (Å²) in [5.41, 5.74) is 2.39. The number of thiazole rings is 1. The molecule has 0 atom stereocenters. The van der Waals surface area contributed by atoms with Crippen LogP contribution in [-0.2, 0) is 17.6 Å². The molecule has 25 heavy (non-hydrogen) atoms. The van der Waals surface area contributed by atoms with E-state index >= 15 is 0 Å². The topological polar surface area (TPSA) is 72.7 Å². The fourth-order valence-corrected chi connectivity index (χ4v) is 3.59. The Morgan fingerprint density at radius 1 is 1.36 bits per heavy atom. The van der Waals surface area contributed by atoms with Crippen LogP contribution in [-0.4, -0.2) is 28.9 Å². The van der Waals surface area contributed by atoms with Crippen LogP contribution in [0.15, 0.2) is 40.5 Å². The number of fused-ring (bicyclic) bond motifs is 1. The van der Waals surface area contributed by atoms with Crippen molar-refractivity contribution in [1.29, 1.82) is 0 Å². The minimum absolute atomic E-state index is 0.0610. The summed E-state index contributed by atoms with van der Waals surface area (Å²) in [6.07, 6.45) is 0.872. The molecule has 0 unspecified atom stereocenters. The van der Waals surface area contributed by atoms with Gasteiger partial charge in [-0.2, -0.15) is 0 Å². The van der Waals surface area contributed by atoms with Crippen LogP contribution >= 0.6 is 11.3 Å². The van der Waals surface area contributed by atoms with Gasteiger partial charge in [0.25, 0.3) is 5.56 Å². The molecular weight excluding hydrogens is 338 g/mol. The number of nitrogens with zero attached hydrogens (tertiary/aromatic N) is 2. The Balaban J connectivity index is 1.59. The number of methoxy groups -OCH3 is 1. The lowest BCUT2D eigenvalue weighted by Crippen LogP contribution is -2.28. The fourth-order valence-electron chi connectivity index (χ4n) is 2.62. The molecule has 0 bridgehead atoms. The minimum Gasteiger partial charge on any atom is -0.497 e. The van der Waals surface area contributed by atoms with E-state index in [2.05, 4.69) is 10.3 Å². The molecule has 6 nitrogen and oxygen atoms in total. The van der Waals surface area contributed by atoms with Crippen LogP contribution in [0.25, 0.3) is 4.96 Å². The molecule has 0 saturated heterocycles. The molecule has 3 rings (SSSR count). The molecular formula is C18H19N3O3S. The van der Waals surface area contributed by atoms with Crippen molar-refractivity contribution in [3.63, 3.8) is 0 Å². The van der Waals surface area contributed by atoms with Gasteiger partial charge in [0, 0.05) is 35.8 Å². The van der Waals surface area contributed by atoms with Crippen LogP contribution < -0.4 is 15.6 Å². The second-order valence-electron chi connectivity index (χ2n) is 5.71. The fraction of sp³-hybridized carbons (Fsp3) is 0.278. The zero-order valence-corrected chi connectivity index (χ0v) is 14.9. The lowest BCUT2D eigenvalue weighted by Gasteiger charge is -2.07. The van der Waals surface area contributed by atoms with Gasteiger partial charge in [0.2, 0.25) is 5.91 Å². The number of aryl methyl sites for hydroxylation is 1. The number of aromatic nitrogens is 2. The number of nitrogens with one attached hydrogen (secondary N) is 1. The second-order valence-corrected chi connectivity index (χ2v) is 6.55. The quantitative estimate of drug-likeness (QED) is 0.732. The summed E-state index contributed by atoms with van der Waals surface area (Å²) in [5, 5.41) is 4.81. The molecule has 3 aromatic rings. The number of carbonyl (C=O) groups is 1. The summed E-state index contributed by atoms with van der Waals surface area (Å²) in [7, 11) is 1.60. The first-order valence-corrected chi connectivity index (χ1v) is 8.81. The van der Waals surface area contributed by atoms with Crippen molar-refractivity contribution >= 4 is 22.2 Å². The molecule has 0 aliphatic rings. The summed E-state index contributed by atoms with van der Waals surface area (Å²) in [5.74, 6) is 0.673. The molecule has 0 aliphatic carbocycles. The Kier molecular flexibility index (Phi) is 5.14.